The van der Waals surface area contributed by atoms with E-state index in [9.17, 15) is 4.79 Å². The molecule has 0 bridgehead atoms. The number of carbonyl (C=O) groups excluding carboxylic acids is 1. The molecule has 3 heteroatoms. The molecule has 0 fully saturated rings. The number of nitrogens with zero attached hydrogens (tertiary/aromatic N) is 1. The van der Waals surface area contributed by atoms with E-state index in [1.807, 2.05) is 66.2 Å². The van der Waals surface area contributed by atoms with Crippen LogP contribution in [0.25, 0.3) is 10.9 Å². The lowest BCUT2D eigenvalue weighted by Gasteiger charge is -2.06. The van der Waals surface area contributed by atoms with Gasteiger partial charge in [-0.3, -0.25) is 4.79 Å². The molecule has 100 valence electrons. The summed E-state index contributed by atoms with van der Waals surface area (Å²) in [5.74, 6) is 0.127. The standard InChI is InChI=1S/C17H14BrNO/c1-12-5-7-13(8-6-12)17(20)11-19-10-9-14-15(18)3-2-4-16(14)19/h2-10H,11H2,1H3. The van der Waals surface area contributed by atoms with E-state index in [0.717, 1.165) is 26.5 Å². The first kappa shape index (κ1) is 13.1. The Morgan fingerprint density at radius 3 is 2.60 bits per heavy atom. The largest absolute Gasteiger partial charge is 0.340 e. The predicted octanol–water partition coefficient (Wildman–Crippen LogP) is 4.60. The number of hydrogen-bond donors (Lipinski definition) is 0. The number of rotatable bonds is 3. The van der Waals surface area contributed by atoms with Crippen LogP contribution in [0.15, 0.2) is 59.2 Å². The van der Waals surface area contributed by atoms with Gasteiger partial charge >= 0.3 is 0 Å². The highest BCUT2D eigenvalue weighted by Crippen LogP contribution is 2.24. The molecule has 0 amide bonds. The molecular formula is C17H14BrNO. The minimum atomic E-state index is 0.127. The molecule has 2 aromatic carbocycles. The van der Waals surface area contributed by atoms with Gasteiger partial charge in [-0.1, -0.05) is 51.8 Å². The number of hydrogen-bond acceptors (Lipinski definition) is 1. The van der Waals surface area contributed by atoms with Gasteiger partial charge in [0, 0.05) is 27.1 Å². The Labute approximate surface area is 126 Å². The van der Waals surface area contributed by atoms with Crippen molar-refractivity contribution in [3.63, 3.8) is 0 Å². The zero-order valence-corrected chi connectivity index (χ0v) is 12.7. The maximum absolute atomic E-state index is 12.3. The third-order valence-electron chi connectivity index (χ3n) is 3.45. The second-order valence-electron chi connectivity index (χ2n) is 4.91. The highest BCUT2D eigenvalue weighted by molar-refractivity contribution is 9.10. The van der Waals surface area contributed by atoms with Crippen molar-refractivity contribution in [2.24, 2.45) is 0 Å². The first-order valence-corrected chi connectivity index (χ1v) is 7.28. The van der Waals surface area contributed by atoms with Gasteiger partial charge in [0.2, 0.25) is 0 Å². The van der Waals surface area contributed by atoms with Gasteiger partial charge in [-0.2, -0.15) is 0 Å². The van der Waals surface area contributed by atoms with E-state index in [-0.39, 0.29) is 5.78 Å². The van der Waals surface area contributed by atoms with Gasteiger partial charge in [0.1, 0.15) is 0 Å². The molecule has 0 saturated carbocycles. The Morgan fingerprint density at radius 1 is 1.10 bits per heavy atom. The third-order valence-corrected chi connectivity index (χ3v) is 4.14. The van der Waals surface area contributed by atoms with E-state index >= 15 is 0 Å². The van der Waals surface area contributed by atoms with Crippen LogP contribution in [0, 0.1) is 6.92 Å². The number of carbonyl (C=O) groups is 1. The van der Waals surface area contributed by atoms with Gasteiger partial charge in [-0.15, -0.1) is 0 Å². The quantitative estimate of drug-likeness (QED) is 0.644. The maximum atomic E-state index is 12.3. The number of ketones is 1. The van der Waals surface area contributed by atoms with Crippen LogP contribution in [0.1, 0.15) is 15.9 Å². The Hall–Kier alpha value is -1.87. The van der Waals surface area contributed by atoms with Crippen LogP contribution in [-0.2, 0) is 6.54 Å². The highest BCUT2D eigenvalue weighted by Gasteiger charge is 2.09. The van der Waals surface area contributed by atoms with Crippen molar-refractivity contribution in [3.05, 3.63) is 70.3 Å². The van der Waals surface area contributed by atoms with Crippen molar-refractivity contribution in [3.8, 4) is 0 Å². The van der Waals surface area contributed by atoms with Gasteiger partial charge < -0.3 is 4.57 Å². The molecule has 0 aliphatic rings. The smallest absolute Gasteiger partial charge is 0.182 e. The fourth-order valence-electron chi connectivity index (χ4n) is 2.31. The van der Waals surface area contributed by atoms with Gasteiger partial charge in [0.25, 0.3) is 0 Å². The second-order valence-corrected chi connectivity index (χ2v) is 5.76. The van der Waals surface area contributed by atoms with E-state index in [4.69, 9.17) is 0 Å². The number of Topliss-reactive ketones (excluding diaryl/α,β-unsaturated/α-hetero) is 1. The molecule has 1 aromatic heterocycles. The molecule has 3 aromatic rings. The van der Waals surface area contributed by atoms with Crippen molar-refractivity contribution >= 4 is 32.6 Å². The molecule has 0 atom stereocenters. The van der Waals surface area contributed by atoms with Crippen LogP contribution < -0.4 is 0 Å². The number of aromatic nitrogens is 1. The molecule has 0 unspecified atom stereocenters. The molecule has 0 N–H and O–H groups in total. The predicted molar refractivity (Wildman–Crippen MR) is 85.1 cm³/mol. The SMILES string of the molecule is Cc1ccc(C(=O)Cn2ccc3c(Br)cccc32)cc1. The first-order valence-electron chi connectivity index (χ1n) is 6.48. The Morgan fingerprint density at radius 2 is 1.85 bits per heavy atom. The van der Waals surface area contributed by atoms with Crippen LogP contribution >= 0.6 is 15.9 Å². The van der Waals surface area contributed by atoms with Crippen LogP contribution in [0.4, 0.5) is 0 Å². The van der Waals surface area contributed by atoms with Crippen LogP contribution in [0.3, 0.4) is 0 Å². The Balaban J connectivity index is 1.91. The molecule has 1 heterocycles. The number of halogens is 1. The summed E-state index contributed by atoms with van der Waals surface area (Å²) in [5, 5.41) is 1.13. The van der Waals surface area contributed by atoms with E-state index in [1.165, 1.54) is 0 Å². The van der Waals surface area contributed by atoms with Crippen molar-refractivity contribution in [1.29, 1.82) is 0 Å². The normalized spacial score (nSPS) is 10.9. The van der Waals surface area contributed by atoms with E-state index in [0.29, 0.717) is 6.54 Å². The summed E-state index contributed by atoms with van der Waals surface area (Å²) in [6, 6.07) is 15.8. The van der Waals surface area contributed by atoms with Gasteiger partial charge in [0.05, 0.1) is 6.54 Å². The van der Waals surface area contributed by atoms with Crippen molar-refractivity contribution in [2.75, 3.05) is 0 Å². The molecule has 20 heavy (non-hydrogen) atoms. The number of benzene rings is 2. The topological polar surface area (TPSA) is 22.0 Å². The average molecular weight is 328 g/mol. The van der Waals surface area contributed by atoms with Crippen molar-refractivity contribution < 1.29 is 4.79 Å². The molecule has 0 saturated heterocycles. The summed E-state index contributed by atoms with van der Waals surface area (Å²) in [7, 11) is 0. The highest BCUT2D eigenvalue weighted by atomic mass is 79.9. The lowest BCUT2D eigenvalue weighted by molar-refractivity contribution is 0.0973. The Kier molecular flexibility index (Phi) is 3.45. The number of fused-ring (bicyclic) bond motifs is 1. The summed E-state index contributed by atoms with van der Waals surface area (Å²) in [6.07, 6.45) is 1.96. The third kappa shape index (κ3) is 2.41. The Bertz CT molecular complexity index is 771. The summed E-state index contributed by atoms with van der Waals surface area (Å²) in [6.45, 7) is 2.38. The summed E-state index contributed by atoms with van der Waals surface area (Å²) < 4.78 is 3.04. The molecular weight excluding hydrogens is 314 g/mol. The molecule has 3 rings (SSSR count). The first-order chi connectivity index (χ1) is 9.65. The van der Waals surface area contributed by atoms with Crippen molar-refractivity contribution in [2.45, 2.75) is 13.5 Å². The van der Waals surface area contributed by atoms with Gasteiger partial charge in [0.15, 0.2) is 5.78 Å². The van der Waals surface area contributed by atoms with Crippen LogP contribution in [0.2, 0.25) is 0 Å². The summed E-state index contributed by atoms with van der Waals surface area (Å²) in [4.78, 5) is 12.3. The molecule has 0 spiro atoms. The molecule has 0 aliphatic carbocycles. The van der Waals surface area contributed by atoms with Crippen LogP contribution in [0.5, 0.6) is 0 Å². The average Bonchev–Trinajstić information content (AvgIpc) is 2.84. The van der Waals surface area contributed by atoms with Gasteiger partial charge in [-0.05, 0) is 25.1 Å². The summed E-state index contributed by atoms with van der Waals surface area (Å²) >= 11 is 3.53. The zero-order valence-electron chi connectivity index (χ0n) is 11.1. The second kappa shape index (κ2) is 5.25. The van der Waals surface area contributed by atoms with E-state index < -0.39 is 0 Å². The van der Waals surface area contributed by atoms with E-state index in [1.54, 1.807) is 0 Å². The zero-order chi connectivity index (χ0) is 14.1. The van der Waals surface area contributed by atoms with Crippen LogP contribution in [-0.4, -0.2) is 10.4 Å². The number of aryl methyl sites for hydroxylation is 1. The fraction of sp³-hybridized carbons (Fsp3) is 0.118. The fourth-order valence-corrected chi connectivity index (χ4v) is 2.80. The van der Waals surface area contributed by atoms with Gasteiger partial charge in [-0.25, -0.2) is 0 Å². The van der Waals surface area contributed by atoms with E-state index in [2.05, 4.69) is 15.9 Å². The lowest BCUT2D eigenvalue weighted by atomic mass is 10.1. The lowest BCUT2D eigenvalue weighted by Crippen LogP contribution is -2.09. The monoisotopic (exact) mass is 327 g/mol. The minimum absolute atomic E-state index is 0.127. The molecule has 2 nitrogen and oxygen atoms in total. The minimum Gasteiger partial charge on any atom is -0.340 e. The maximum Gasteiger partial charge on any atom is 0.182 e. The molecule has 0 aliphatic heterocycles. The molecule has 0 radical (unpaired) electrons. The van der Waals surface area contributed by atoms with Crippen molar-refractivity contribution in [1.82, 2.24) is 4.57 Å². The summed E-state index contributed by atoms with van der Waals surface area (Å²) in [5.41, 5.74) is 2.99.